The zero-order valence-electron chi connectivity index (χ0n) is 18.1. The third-order valence-electron chi connectivity index (χ3n) is 5.04. The highest BCUT2D eigenvalue weighted by atomic mass is 32.2. The molecule has 0 unspecified atom stereocenters. The molecule has 34 heavy (non-hydrogen) atoms. The Hall–Kier alpha value is -3.38. The number of anilines is 4. The lowest BCUT2D eigenvalue weighted by molar-refractivity contribution is -0.137. The summed E-state index contributed by atoms with van der Waals surface area (Å²) >= 11 is 0. The van der Waals surface area contributed by atoms with E-state index in [2.05, 4.69) is 24.9 Å². The molecule has 0 aliphatic carbocycles. The van der Waals surface area contributed by atoms with Gasteiger partial charge >= 0.3 is 6.18 Å². The standard InChI is InChI=1S/C22H22F3N5O3S/c1-15-26-20(14-21(27-15)30-9-11-33-12-10-30)28-17-5-7-18(8-6-17)29-34(31,32)19-4-2-3-16(13-19)22(23,24)25/h2-8,13-14,29H,9-12H2,1H3,(H,26,27,28). The van der Waals surface area contributed by atoms with Crippen LogP contribution in [0, 0.1) is 6.92 Å². The number of benzene rings is 2. The molecule has 0 amide bonds. The van der Waals surface area contributed by atoms with Crippen molar-refractivity contribution >= 4 is 33.0 Å². The molecule has 0 spiro atoms. The number of rotatable bonds is 6. The van der Waals surface area contributed by atoms with E-state index < -0.39 is 26.7 Å². The highest BCUT2D eigenvalue weighted by Gasteiger charge is 2.31. The molecule has 1 aliphatic rings. The van der Waals surface area contributed by atoms with Crippen molar-refractivity contribution < 1.29 is 26.3 Å². The van der Waals surface area contributed by atoms with E-state index in [0.29, 0.717) is 36.6 Å². The first kappa shape index (κ1) is 23.8. The van der Waals surface area contributed by atoms with Gasteiger partial charge in [0.1, 0.15) is 17.5 Å². The van der Waals surface area contributed by atoms with E-state index >= 15 is 0 Å². The van der Waals surface area contributed by atoms with Gasteiger partial charge in [-0.25, -0.2) is 18.4 Å². The molecule has 2 N–H and O–H groups in total. The summed E-state index contributed by atoms with van der Waals surface area (Å²) in [6.45, 7) is 4.52. The molecular weight excluding hydrogens is 471 g/mol. The lowest BCUT2D eigenvalue weighted by atomic mass is 10.2. The first-order valence-corrected chi connectivity index (χ1v) is 11.8. The highest BCUT2D eigenvalue weighted by molar-refractivity contribution is 7.92. The van der Waals surface area contributed by atoms with Gasteiger partial charge in [0.05, 0.1) is 23.7 Å². The molecule has 0 atom stereocenters. The highest BCUT2D eigenvalue weighted by Crippen LogP contribution is 2.31. The van der Waals surface area contributed by atoms with Gasteiger partial charge in [0.25, 0.3) is 10.0 Å². The van der Waals surface area contributed by atoms with Gasteiger partial charge in [0, 0.05) is 30.5 Å². The number of halogens is 3. The van der Waals surface area contributed by atoms with Gasteiger partial charge in [-0.3, -0.25) is 4.72 Å². The minimum atomic E-state index is -4.64. The third kappa shape index (κ3) is 5.75. The van der Waals surface area contributed by atoms with Crippen molar-refractivity contribution in [2.75, 3.05) is 41.2 Å². The van der Waals surface area contributed by atoms with E-state index in [1.165, 1.54) is 12.1 Å². The Labute approximate surface area is 194 Å². The molecule has 4 rings (SSSR count). The summed E-state index contributed by atoms with van der Waals surface area (Å²) in [5, 5.41) is 3.16. The number of nitrogens with zero attached hydrogens (tertiary/aromatic N) is 3. The minimum absolute atomic E-state index is 0.204. The van der Waals surface area contributed by atoms with Gasteiger partial charge in [-0.05, 0) is 49.4 Å². The molecule has 1 aliphatic heterocycles. The maximum absolute atomic E-state index is 12.9. The first-order chi connectivity index (χ1) is 16.1. The van der Waals surface area contributed by atoms with Gasteiger partial charge in [-0.15, -0.1) is 0 Å². The average Bonchev–Trinajstić information content (AvgIpc) is 2.80. The van der Waals surface area contributed by atoms with Crippen LogP contribution in [0.5, 0.6) is 0 Å². The van der Waals surface area contributed by atoms with E-state index in [0.717, 1.165) is 37.1 Å². The van der Waals surface area contributed by atoms with Crippen LogP contribution in [0.4, 0.5) is 36.2 Å². The van der Waals surface area contributed by atoms with E-state index in [1.807, 2.05) is 6.07 Å². The first-order valence-electron chi connectivity index (χ1n) is 10.4. The van der Waals surface area contributed by atoms with Crippen molar-refractivity contribution in [1.82, 2.24) is 9.97 Å². The van der Waals surface area contributed by atoms with Crippen LogP contribution in [0.2, 0.25) is 0 Å². The van der Waals surface area contributed by atoms with Crippen molar-refractivity contribution in [3.63, 3.8) is 0 Å². The van der Waals surface area contributed by atoms with E-state index in [1.54, 1.807) is 19.1 Å². The number of ether oxygens (including phenoxy) is 1. The smallest absolute Gasteiger partial charge is 0.378 e. The van der Waals surface area contributed by atoms with Crippen LogP contribution >= 0.6 is 0 Å². The largest absolute Gasteiger partial charge is 0.416 e. The number of sulfonamides is 1. The average molecular weight is 494 g/mol. The summed E-state index contributed by atoms with van der Waals surface area (Å²) in [6.07, 6.45) is -4.64. The second-order valence-corrected chi connectivity index (χ2v) is 9.27. The number of morpholine rings is 1. The summed E-state index contributed by atoms with van der Waals surface area (Å²) in [4.78, 5) is 10.5. The molecule has 12 heteroatoms. The third-order valence-corrected chi connectivity index (χ3v) is 6.42. The molecule has 2 heterocycles. The Balaban J connectivity index is 1.47. The van der Waals surface area contributed by atoms with Crippen LogP contribution in [-0.4, -0.2) is 44.7 Å². The lowest BCUT2D eigenvalue weighted by Gasteiger charge is -2.28. The molecule has 0 radical (unpaired) electrons. The quantitative estimate of drug-likeness (QED) is 0.532. The van der Waals surface area contributed by atoms with Crippen LogP contribution in [0.15, 0.2) is 59.5 Å². The molecule has 180 valence electrons. The summed E-state index contributed by atoms with van der Waals surface area (Å²) in [7, 11) is -4.20. The zero-order chi connectivity index (χ0) is 24.3. The molecule has 1 saturated heterocycles. The topological polar surface area (TPSA) is 96.5 Å². The van der Waals surface area contributed by atoms with Crippen molar-refractivity contribution in [2.45, 2.75) is 18.0 Å². The number of hydrogen-bond acceptors (Lipinski definition) is 7. The minimum Gasteiger partial charge on any atom is -0.378 e. The van der Waals surface area contributed by atoms with Gasteiger partial charge in [-0.2, -0.15) is 13.2 Å². The second kappa shape index (κ2) is 9.47. The van der Waals surface area contributed by atoms with Crippen LogP contribution in [0.1, 0.15) is 11.4 Å². The zero-order valence-corrected chi connectivity index (χ0v) is 18.9. The number of alkyl halides is 3. The van der Waals surface area contributed by atoms with Crippen LogP contribution in [-0.2, 0) is 20.9 Å². The SMILES string of the molecule is Cc1nc(Nc2ccc(NS(=O)(=O)c3cccc(C(F)(F)F)c3)cc2)cc(N2CCOCC2)n1. The van der Waals surface area contributed by atoms with E-state index in [-0.39, 0.29) is 5.69 Å². The van der Waals surface area contributed by atoms with Gasteiger partial charge < -0.3 is 15.0 Å². The second-order valence-electron chi connectivity index (χ2n) is 7.59. The Bertz CT molecular complexity index is 1260. The van der Waals surface area contributed by atoms with Gasteiger partial charge in [-0.1, -0.05) is 6.07 Å². The van der Waals surface area contributed by atoms with Crippen molar-refractivity contribution in [3.8, 4) is 0 Å². The number of aryl methyl sites for hydroxylation is 1. The molecule has 1 aromatic heterocycles. The fourth-order valence-electron chi connectivity index (χ4n) is 3.39. The van der Waals surface area contributed by atoms with Gasteiger partial charge in [0.2, 0.25) is 0 Å². The normalized spacial score (nSPS) is 14.6. The Morgan fingerprint density at radius 3 is 2.32 bits per heavy atom. The molecule has 2 aromatic carbocycles. The predicted octanol–water partition coefficient (Wildman–Crippen LogP) is 4.18. The Kier molecular flexibility index (Phi) is 6.62. The molecule has 0 saturated carbocycles. The van der Waals surface area contributed by atoms with E-state index in [4.69, 9.17) is 4.74 Å². The summed E-state index contributed by atoms with van der Waals surface area (Å²) in [6, 6.07) is 11.7. The molecule has 1 fully saturated rings. The number of hydrogen-bond donors (Lipinski definition) is 2. The lowest BCUT2D eigenvalue weighted by Crippen LogP contribution is -2.36. The monoisotopic (exact) mass is 493 g/mol. The number of aromatic nitrogens is 2. The van der Waals surface area contributed by atoms with Crippen LogP contribution < -0.4 is 14.9 Å². The molecular formula is C22H22F3N5O3S. The van der Waals surface area contributed by atoms with Crippen LogP contribution in [0.3, 0.4) is 0 Å². The Morgan fingerprint density at radius 1 is 0.971 bits per heavy atom. The summed E-state index contributed by atoms with van der Waals surface area (Å²) < 4.78 is 71.6. The maximum atomic E-state index is 12.9. The van der Waals surface area contributed by atoms with Crippen molar-refractivity contribution in [2.24, 2.45) is 0 Å². The van der Waals surface area contributed by atoms with Crippen molar-refractivity contribution in [3.05, 3.63) is 66.0 Å². The summed E-state index contributed by atoms with van der Waals surface area (Å²) in [5.74, 6) is 1.95. The van der Waals surface area contributed by atoms with Crippen LogP contribution in [0.25, 0.3) is 0 Å². The number of nitrogens with one attached hydrogen (secondary N) is 2. The Morgan fingerprint density at radius 2 is 1.65 bits per heavy atom. The fourth-order valence-corrected chi connectivity index (χ4v) is 4.50. The maximum Gasteiger partial charge on any atom is 0.416 e. The van der Waals surface area contributed by atoms with Crippen molar-refractivity contribution in [1.29, 1.82) is 0 Å². The van der Waals surface area contributed by atoms with Gasteiger partial charge in [0.15, 0.2) is 0 Å². The molecule has 8 nitrogen and oxygen atoms in total. The fraction of sp³-hybridized carbons (Fsp3) is 0.273. The molecule has 0 bridgehead atoms. The predicted molar refractivity (Wildman–Crippen MR) is 122 cm³/mol. The summed E-state index contributed by atoms with van der Waals surface area (Å²) in [5.41, 5.74) is -0.185. The van der Waals surface area contributed by atoms with E-state index in [9.17, 15) is 21.6 Å². The molecule has 3 aromatic rings.